The number of nitrogen functional groups attached to an aromatic ring is 1. The van der Waals surface area contributed by atoms with Crippen molar-refractivity contribution in [3.8, 4) is 22.9 Å². The van der Waals surface area contributed by atoms with Gasteiger partial charge in [0, 0.05) is 5.75 Å². The molecule has 0 saturated carbocycles. The van der Waals surface area contributed by atoms with Gasteiger partial charge >= 0.3 is 0 Å². The smallest absolute Gasteiger partial charge is 0.210 e. The zero-order chi connectivity index (χ0) is 20.1. The van der Waals surface area contributed by atoms with Gasteiger partial charge in [-0.3, -0.25) is 0 Å². The Balaban J connectivity index is 1.59. The average molecular weight is 399 g/mol. The third-order valence-electron chi connectivity index (χ3n) is 4.46. The first kappa shape index (κ1) is 20.1. The molecule has 0 aliphatic heterocycles. The third kappa shape index (κ3) is 4.42. The van der Waals surface area contributed by atoms with Crippen LogP contribution in [-0.2, 0) is 0 Å². The van der Waals surface area contributed by atoms with E-state index in [0.717, 1.165) is 11.3 Å². The molecule has 0 fully saturated rings. The number of nitrogens with two attached hydrogens (primary N) is 1. The summed E-state index contributed by atoms with van der Waals surface area (Å²) in [7, 11) is 1.62. The Bertz CT molecular complexity index is 940. The molecule has 2 aromatic carbocycles. The van der Waals surface area contributed by atoms with Crippen LogP contribution in [0.3, 0.4) is 0 Å². The van der Waals surface area contributed by atoms with Gasteiger partial charge < -0.3 is 15.3 Å². The van der Waals surface area contributed by atoms with Gasteiger partial charge in [-0.25, -0.2) is 4.68 Å². The summed E-state index contributed by atoms with van der Waals surface area (Å²) in [5.74, 6) is 9.58. The Hall–Kier alpha value is -2.67. The van der Waals surface area contributed by atoms with Crippen LogP contribution in [0.5, 0.6) is 11.5 Å². The van der Waals surface area contributed by atoms with E-state index in [1.54, 1.807) is 7.11 Å². The number of nitrogens with zero attached hydrogens (tertiary/aromatic N) is 3. The molecule has 1 aromatic heterocycles. The van der Waals surface area contributed by atoms with E-state index in [-0.39, 0.29) is 0 Å². The molecule has 0 aliphatic rings. The van der Waals surface area contributed by atoms with E-state index in [9.17, 15) is 0 Å². The van der Waals surface area contributed by atoms with Gasteiger partial charge in [0.05, 0.1) is 19.3 Å². The minimum Gasteiger partial charge on any atom is -0.496 e. The second kappa shape index (κ2) is 9.01. The van der Waals surface area contributed by atoms with E-state index < -0.39 is 0 Å². The lowest BCUT2D eigenvalue weighted by molar-refractivity contribution is 0.343. The minimum atomic E-state index is 0.512. The van der Waals surface area contributed by atoms with Gasteiger partial charge in [-0.1, -0.05) is 43.8 Å². The Labute approximate surface area is 170 Å². The molecular weight excluding hydrogens is 372 g/mol. The zero-order valence-electron chi connectivity index (χ0n) is 16.7. The van der Waals surface area contributed by atoms with Crippen LogP contribution in [0.15, 0.2) is 47.6 Å². The number of ether oxygens (including phenoxy) is 2. The molecular formula is C21H26N4O2S. The van der Waals surface area contributed by atoms with E-state index in [2.05, 4.69) is 43.1 Å². The zero-order valence-corrected chi connectivity index (χ0v) is 17.5. The number of rotatable bonds is 8. The fraction of sp³-hybridized carbons (Fsp3) is 0.333. The van der Waals surface area contributed by atoms with Crippen molar-refractivity contribution in [1.82, 2.24) is 14.9 Å². The number of methoxy groups -OCH3 is 1. The normalized spacial score (nSPS) is 11.0. The van der Waals surface area contributed by atoms with Gasteiger partial charge in [0.1, 0.15) is 11.5 Å². The van der Waals surface area contributed by atoms with Gasteiger partial charge in [0.2, 0.25) is 5.16 Å². The second-order valence-corrected chi connectivity index (χ2v) is 7.81. The third-order valence-corrected chi connectivity index (χ3v) is 5.37. The highest BCUT2D eigenvalue weighted by molar-refractivity contribution is 7.99. The molecule has 0 bridgehead atoms. The van der Waals surface area contributed by atoms with Crippen molar-refractivity contribution in [2.24, 2.45) is 0 Å². The molecule has 0 spiro atoms. The van der Waals surface area contributed by atoms with Gasteiger partial charge in [0.15, 0.2) is 5.82 Å². The topological polar surface area (TPSA) is 75.2 Å². The molecule has 0 saturated heterocycles. The summed E-state index contributed by atoms with van der Waals surface area (Å²) in [5.41, 5.74) is 3.41. The number of benzene rings is 2. The molecule has 0 atom stereocenters. The summed E-state index contributed by atoms with van der Waals surface area (Å²) >= 11 is 1.51. The lowest BCUT2D eigenvalue weighted by atomic mass is 9.98. The molecule has 7 heteroatoms. The van der Waals surface area contributed by atoms with Crippen LogP contribution in [-0.4, -0.2) is 34.3 Å². The largest absolute Gasteiger partial charge is 0.496 e. The molecule has 3 aromatic rings. The first-order chi connectivity index (χ1) is 13.5. The molecule has 6 nitrogen and oxygen atoms in total. The maximum atomic E-state index is 6.19. The molecule has 3 rings (SSSR count). The van der Waals surface area contributed by atoms with Gasteiger partial charge in [-0.15, -0.1) is 10.2 Å². The maximum absolute atomic E-state index is 6.19. The van der Waals surface area contributed by atoms with E-state index in [1.165, 1.54) is 27.6 Å². The minimum absolute atomic E-state index is 0.512. The summed E-state index contributed by atoms with van der Waals surface area (Å²) in [6.45, 7) is 7.07. The summed E-state index contributed by atoms with van der Waals surface area (Å²) < 4.78 is 12.7. The van der Waals surface area contributed by atoms with Gasteiger partial charge in [-0.2, -0.15) is 0 Å². The molecule has 0 radical (unpaired) electrons. The average Bonchev–Trinajstić information content (AvgIpc) is 3.05. The van der Waals surface area contributed by atoms with Crippen LogP contribution >= 0.6 is 11.8 Å². The van der Waals surface area contributed by atoms with Crippen molar-refractivity contribution >= 4 is 11.8 Å². The molecule has 1 heterocycles. The van der Waals surface area contributed by atoms with Gasteiger partial charge in [0.25, 0.3) is 0 Å². The van der Waals surface area contributed by atoms with Crippen LogP contribution in [0.4, 0.5) is 0 Å². The summed E-state index contributed by atoms with van der Waals surface area (Å²) in [6.07, 6.45) is 0. The maximum Gasteiger partial charge on any atom is 0.210 e. The molecule has 148 valence electrons. The SMILES string of the molecule is COc1ccccc1-c1nnc(SCCOc2ccc(C(C)C)c(C)c2)n1N. The van der Waals surface area contributed by atoms with Crippen molar-refractivity contribution in [1.29, 1.82) is 0 Å². The number of para-hydroxylation sites is 1. The Morgan fingerprint density at radius 2 is 1.93 bits per heavy atom. The van der Waals surface area contributed by atoms with Crippen molar-refractivity contribution in [2.75, 3.05) is 25.3 Å². The fourth-order valence-corrected chi connectivity index (χ4v) is 3.74. The van der Waals surface area contributed by atoms with Crippen LogP contribution in [0.25, 0.3) is 11.4 Å². The van der Waals surface area contributed by atoms with Crippen molar-refractivity contribution < 1.29 is 9.47 Å². The number of aromatic nitrogens is 3. The fourth-order valence-electron chi connectivity index (χ4n) is 3.07. The number of thioether (sulfide) groups is 1. The number of aryl methyl sites for hydroxylation is 1. The summed E-state index contributed by atoms with van der Waals surface area (Å²) in [6, 6.07) is 13.9. The standard InChI is InChI=1S/C21H26N4O2S/c1-14(2)17-10-9-16(13-15(17)3)27-11-12-28-21-24-23-20(25(21)22)18-7-5-6-8-19(18)26-4/h5-10,13-14H,11-12,22H2,1-4H3. The highest BCUT2D eigenvalue weighted by atomic mass is 32.2. The van der Waals surface area contributed by atoms with Gasteiger partial charge in [-0.05, 0) is 48.2 Å². The highest BCUT2D eigenvalue weighted by Crippen LogP contribution is 2.29. The van der Waals surface area contributed by atoms with Crippen molar-refractivity contribution in [2.45, 2.75) is 31.8 Å². The molecule has 0 unspecified atom stereocenters. The Kier molecular flexibility index (Phi) is 6.46. The van der Waals surface area contributed by atoms with Crippen LogP contribution in [0.2, 0.25) is 0 Å². The lowest BCUT2D eigenvalue weighted by Gasteiger charge is -2.12. The molecule has 0 aliphatic carbocycles. The first-order valence-electron chi connectivity index (χ1n) is 9.21. The molecule has 2 N–H and O–H groups in total. The predicted octanol–water partition coefficient (Wildman–Crippen LogP) is 4.27. The first-order valence-corrected chi connectivity index (χ1v) is 10.2. The van der Waals surface area contributed by atoms with Crippen LogP contribution in [0, 0.1) is 6.92 Å². The predicted molar refractivity (Wildman–Crippen MR) is 114 cm³/mol. The highest BCUT2D eigenvalue weighted by Gasteiger charge is 2.15. The summed E-state index contributed by atoms with van der Waals surface area (Å²) in [5, 5.41) is 9.05. The van der Waals surface area contributed by atoms with Crippen molar-refractivity contribution in [3.05, 3.63) is 53.6 Å². The van der Waals surface area contributed by atoms with Crippen molar-refractivity contribution in [3.63, 3.8) is 0 Å². The van der Waals surface area contributed by atoms with E-state index >= 15 is 0 Å². The number of hydrogen-bond donors (Lipinski definition) is 1. The lowest BCUT2D eigenvalue weighted by Crippen LogP contribution is -2.12. The Morgan fingerprint density at radius 3 is 2.64 bits per heavy atom. The van der Waals surface area contributed by atoms with Crippen LogP contribution in [0.1, 0.15) is 30.9 Å². The van der Waals surface area contributed by atoms with E-state index in [4.69, 9.17) is 15.3 Å². The van der Waals surface area contributed by atoms with E-state index in [0.29, 0.717) is 35.0 Å². The monoisotopic (exact) mass is 398 g/mol. The number of hydrogen-bond acceptors (Lipinski definition) is 6. The van der Waals surface area contributed by atoms with E-state index in [1.807, 2.05) is 30.3 Å². The van der Waals surface area contributed by atoms with Crippen LogP contribution < -0.4 is 15.3 Å². The molecule has 0 amide bonds. The Morgan fingerprint density at radius 1 is 1.14 bits per heavy atom. The summed E-state index contributed by atoms with van der Waals surface area (Å²) in [4.78, 5) is 0. The quantitative estimate of drug-likeness (QED) is 0.347. The molecule has 28 heavy (non-hydrogen) atoms. The second-order valence-electron chi connectivity index (χ2n) is 6.75.